The molecule has 0 saturated carbocycles. The molecule has 1 atom stereocenters. The van der Waals surface area contributed by atoms with Crippen molar-refractivity contribution in [3.8, 4) is 0 Å². The van der Waals surface area contributed by atoms with Gasteiger partial charge in [0.2, 0.25) is 5.91 Å². The number of hydrogen-bond acceptors (Lipinski definition) is 5. The number of aromatic amines is 1. The van der Waals surface area contributed by atoms with E-state index >= 15 is 0 Å². The lowest BCUT2D eigenvalue weighted by atomic mass is 10.1. The predicted octanol–water partition coefficient (Wildman–Crippen LogP) is 2.68. The molecule has 1 saturated heterocycles. The fourth-order valence-electron chi connectivity index (χ4n) is 3.46. The Morgan fingerprint density at radius 1 is 1.17 bits per heavy atom. The SMILES string of the molecule is O=C(Nc1cc(Cn2c(=O)[nH]c(=O)c3ccccc32)ccc1Br)[C@H]1CCNC1.O=C(O)C(F)(F)F. The molecule has 2 heterocycles. The summed E-state index contributed by atoms with van der Waals surface area (Å²) in [7, 11) is 0. The summed E-state index contributed by atoms with van der Waals surface area (Å²) in [6, 6.07) is 12.6. The van der Waals surface area contributed by atoms with E-state index in [-0.39, 0.29) is 18.4 Å². The molecular formula is C22H20BrF3N4O5. The van der Waals surface area contributed by atoms with Gasteiger partial charge in [0.25, 0.3) is 5.56 Å². The molecule has 3 aromatic rings. The van der Waals surface area contributed by atoms with Crippen LogP contribution in [0.3, 0.4) is 0 Å². The Morgan fingerprint density at radius 3 is 2.49 bits per heavy atom. The molecule has 1 aliphatic rings. The van der Waals surface area contributed by atoms with E-state index < -0.39 is 23.4 Å². The number of carboxylic acid groups (broad SMARTS) is 1. The first-order valence-electron chi connectivity index (χ1n) is 10.3. The number of halogens is 4. The third-order valence-electron chi connectivity index (χ3n) is 5.21. The first-order chi connectivity index (χ1) is 16.5. The van der Waals surface area contributed by atoms with Crippen molar-refractivity contribution < 1.29 is 27.9 Å². The molecule has 35 heavy (non-hydrogen) atoms. The van der Waals surface area contributed by atoms with Gasteiger partial charge in [0.05, 0.1) is 29.1 Å². The van der Waals surface area contributed by atoms with Crippen LogP contribution in [0.4, 0.5) is 18.9 Å². The fraction of sp³-hybridized carbons (Fsp3) is 0.273. The minimum atomic E-state index is -5.08. The lowest BCUT2D eigenvalue weighted by Gasteiger charge is -2.14. The summed E-state index contributed by atoms with van der Waals surface area (Å²) in [4.78, 5) is 48.1. The van der Waals surface area contributed by atoms with Crippen molar-refractivity contribution in [3.05, 3.63) is 73.3 Å². The van der Waals surface area contributed by atoms with Gasteiger partial charge in [0.15, 0.2) is 0 Å². The highest BCUT2D eigenvalue weighted by Crippen LogP contribution is 2.25. The van der Waals surface area contributed by atoms with Crippen LogP contribution in [0.15, 0.2) is 56.5 Å². The monoisotopic (exact) mass is 556 g/mol. The number of H-pyrrole nitrogens is 1. The zero-order chi connectivity index (χ0) is 25.8. The van der Waals surface area contributed by atoms with Crippen LogP contribution in [0.25, 0.3) is 10.9 Å². The lowest BCUT2D eigenvalue weighted by Crippen LogP contribution is -2.30. The molecule has 1 aromatic heterocycles. The average molecular weight is 557 g/mol. The molecule has 4 N–H and O–H groups in total. The number of para-hydroxylation sites is 1. The number of aromatic nitrogens is 2. The largest absolute Gasteiger partial charge is 0.490 e. The van der Waals surface area contributed by atoms with Crippen molar-refractivity contribution in [1.29, 1.82) is 0 Å². The van der Waals surface area contributed by atoms with E-state index in [0.717, 1.165) is 23.0 Å². The Hall–Kier alpha value is -3.45. The van der Waals surface area contributed by atoms with Gasteiger partial charge < -0.3 is 15.7 Å². The molecule has 13 heteroatoms. The zero-order valence-electron chi connectivity index (χ0n) is 18.0. The maximum Gasteiger partial charge on any atom is 0.490 e. The van der Waals surface area contributed by atoms with Crippen LogP contribution in [0.1, 0.15) is 12.0 Å². The van der Waals surface area contributed by atoms with Crippen LogP contribution in [0, 0.1) is 5.92 Å². The molecule has 0 aliphatic carbocycles. The number of carbonyl (C=O) groups excluding carboxylic acids is 1. The summed E-state index contributed by atoms with van der Waals surface area (Å²) in [5.74, 6) is -2.82. The molecule has 1 amide bonds. The lowest BCUT2D eigenvalue weighted by molar-refractivity contribution is -0.192. The van der Waals surface area contributed by atoms with Gasteiger partial charge in [-0.15, -0.1) is 0 Å². The number of nitrogens with one attached hydrogen (secondary N) is 3. The number of amides is 1. The molecular weight excluding hydrogens is 537 g/mol. The normalized spacial score (nSPS) is 15.4. The molecule has 9 nitrogen and oxygen atoms in total. The summed E-state index contributed by atoms with van der Waals surface area (Å²) >= 11 is 3.47. The van der Waals surface area contributed by atoms with E-state index in [9.17, 15) is 27.6 Å². The zero-order valence-corrected chi connectivity index (χ0v) is 19.6. The minimum absolute atomic E-state index is 0.0190. The summed E-state index contributed by atoms with van der Waals surface area (Å²) in [6.07, 6.45) is -4.26. The molecule has 0 bridgehead atoms. The van der Waals surface area contributed by atoms with E-state index in [2.05, 4.69) is 31.5 Å². The van der Waals surface area contributed by atoms with E-state index in [4.69, 9.17) is 9.90 Å². The highest BCUT2D eigenvalue weighted by Gasteiger charge is 2.38. The first kappa shape index (κ1) is 26.2. The van der Waals surface area contributed by atoms with Crippen LogP contribution >= 0.6 is 15.9 Å². The molecule has 186 valence electrons. The number of nitrogens with zero attached hydrogens (tertiary/aromatic N) is 1. The second kappa shape index (κ2) is 10.9. The highest BCUT2D eigenvalue weighted by molar-refractivity contribution is 9.10. The van der Waals surface area contributed by atoms with Crippen molar-refractivity contribution in [2.75, 3.05) is 18.4 Å². The molecule has 4 rings (SSSR count). The second-order valence-electron chi connectivity index (χ2n) is 7.66. The number of carboxylic acids is 1. The average Bonchev–Trinajstić information content (AvgIpc) is 3.34. The van der Waals surface area contributed by atoms with Gasteiger partial charge in [0.1, 0.15) is 0 Å². The Bertz CT molecular complexity index is 1360. The first-order valence-corrected chi connectivity index (χ1v) is 11.1. The topological polar surface area (TPSA) is 133 Å². The van der Waals surface area contributed by atoms with Crippen LogP contribution in [-0.2, 0) is 16.1 Å². The fourth-order valence-corrected chi connectivity index (χ4v) is 3.81. The second-order valence-corrected chi connectivity index (χ2v) is 8.51. The number of alkyl halides is 3. The van der Waals surface area contributed by atoms with Crippen molar-refractivity contribution in [2.45, 2.75) is 19.1 Å². The van der Waals surface area contributed by atoms with Crippen molar-refractivity contribution in [1.82, 2.24) is 14.9 Å². The van der Waals surface area contributed by atoms with Gasteiger partial charge in [-0.2, -0.15) is 13.2 Å². The summed E-state index contributed by atoms with van der Waals surface area (Å²) in [5.41, 5.74) is 1.21. The van der Waals surface area contributed by atoms with Gasteiger partial charge in [-0.05, 0) is 58.7 Å². The van der Waals surface area contributed by atoms with Crippen LogP contribution < -0.4 is 21.9 Å². The number of hydrogen-bond donors (Lipinski definition) is 4. The number of carbonyl (C=O) groups is 2. The Labute approximate surface area is 204 Å². The predicted molar refractivity (Wildman–Crippen MR) is 125 cm³/mol. The Balaban J connectivity index is 0.000000429. The number of rotatable bonds is 4. The summed E-state index contributed by atoms with van der Waals surface area (Å²) in [6.45, 7) is 1.81. The molecule has 2 aromatic carbocycles. The molecule has 0 radical (unpaired) electrons. The third kappa shape index (κ3) is 6.57. The van der Waals surface area contributed by atoms with Crippen LogP contribution in [-0.4, -0.2) is 45.8 Å². The Kier molecular flexibility index (Phi) is 8.12. The van der Waals surface area contributed by atoms with Gasteiger partial charge in [-0.25, -0.2) is 9.59 Å². The highest BCUT2D eigenvalue weighted by atomic mass is 79.9. The number of aliphatic carboxylic acids is 1. The van der Waals surface area contributed by atoms with Crippen molar-refractivity contribution in [3.63, 3.8) is 0 Å². The molecule has 1 aliphatic heterocycles. The van der Waals surface area contributed by atoms with Gasteiger partial charge >= 0.3 is 17.8 Å². The van der Waals surface area contributed by atoms with E-state index in [1.54, 1.807) is 24.3 Å². The summed E-state index contributed by atoms with van der Waals surface area (Å²) < 4.78 is 34.0. The molecule has 0 spiro atoms. The maximum atomic E-state index is 12.4. The molecule has 1 fully saturated rings. The van der Waals surface area contributed by atoms with E-state index in [1.807, 2.05) is 18.2 Å². The maximum absolute atomic E-state index is 12.4. The van der Waals surface area contributed by atoms with Crippen molar-refractivity contribution in [2.24, 2.45) is 5.92 Å². The number of fused-ring (bicyclic) bond motifs is 1. The van der Waals surface area contributed by atoms with Crippen molar-refractivity contribution >= 4 is 44.4 Å². The van der Waals surface area contributed by atoms with Gasteiger partial charge in [0, 0.05) is 11.0 Å². The summed E-state index contributed by atoms with van der Waals surface area (Å²) in [5, 5.41) is 13.7. The third-order valence-corrected chi connectivity index (χ3v) is 5.90. The molecule has 0 unspecified atom stereocenters. The van der Waals surface area contributed by atoms with Gasteiger partial charge in [-0.1, -0.05) is 18.2 Å². The number of benzene rings is 2. The van der Waals surface area contributed by atoms with Crippen LogP contribution in [0.5, 0.6) is 0 Å². The quantitative estimate of drug-likeness (QED) is 0.390. The minimum Gasteiger partial charge on any atom is -0.475 e. The van der Waals surface area contributed by atoms with E-state index in [0.29, 0.717) is 23.1 Å². The van der Waals surface area contributed by atoms with Gasteiger partial charge in [-0.3, -0.25) is 19.1 Å². The standard InChI is InChI=1S/C20H19BrN4O3.C2HF3O2/c21-15-6-5-12(9-16(15)23-18(26)13-7-8-22-10-13)11-25-17-4-2-1-3-14(17)19(27)24-20(25)28;3-2(4,5)1(6)7/h1-6,9,13,22H,7-8,10-11H2,(H,23,26)(H,24,27,28);(H,6,7)/t13-;/m0./s1. The number of anilines is 1. The van der Waals surface area contributed by atoms with E-state index in [1.165, 1.54) is 4.57 Å². The van der Waals surface area contributed by atoms with Crippen LogP contribution in [0.2, 0.25) is 0 Å². The smallest absolute Gasteiger partial charge is 0.475 e. The Morgan fingerprint density at radius 2 is 1.86 bits per heavy atom.